The quantitative estimate of drug-likeness (QED) is 0.791. The van der Waals surface area contributed by atoms with Crippen LogP contribution in [0.2, 0.25) is 0 Å². The molecule has 3 nitrogen and oxygen atoms in total. The molecule has 0 aromatic heterocycles. The Morgan fingerprint density at radius 3 is 2.24 bits per heavy atom. The van der Waals surface area contributed by atoms with Gasteiger partial charge in [-0.25, -0.2) is 0 Å². The summed E-state index contributed by atoms with van der Waals surface area (Å²) in [5.41, 5.74) is 0. The zero-order valence-electron chi connectivity index (χ0n) is 11.2. The molecule has 0 amide bonds. The van der Waals surface area contributed by atoms with Gasteiger partial charge in [-0.05, 0) is 64.7 Å². The first-order valence-electron chi connectivity index (χ1n) is 7.49. The predicted octanol–water partition coefficient (Wildman–Crippen LogP) is 1.15. The van der Waals surface area contributed by atoms with Crippen molar-refractivity contribution in [2.45, 2.75) is 44.2 Å². The van der Waals surface area contributed by atoms with Gasteiger partial charge >= 0.3 is 0 Å². The van der Waals surface area contributed by atoms with Gasteiger partial charge in [0.05, 0.1) is 0 Å². The Balaban J connectivity index is 1.43. The van der Waals surface area contributed by atoms with Gasteiger partial charge in [0.1, 0.15) is 0 Å². The normalized spacial score (nSPS) is 33.4. The summed E-state index contributed by atoms with van der Waals surface area (Å²) in [6, 6.07) is 1.85. The molecule has 1 atom stereocenters. The Kier molecular flexibility index (Phi) is 3.69. The standard InChI is InChI=1S/C14H27N3/c1-15-10-12-4-7-16(8-5-12)14-6-9-17(11-14)13-2-3-13/h12-15H,2-11H2,1H3. The summed E-state index contributed by atoms with van der Waals surface area (Å²) in [6.45, 7) is 6.63. The van der Waals surface area contributed by atoms with E-state index in [2.05, 4.69) is 22.2 Å². The van der Waals surface area contributed by atoms with Crippen LogP contribution in [0, 0.1) is 5.92 Å². The van der Waals surface area contributed by atoms with Crippen molar-refractivity contribution >= 4 is 0 Å². The first kappa shape index (κ1) is 11.9. The van der Waals surface area contributed by atoms with Crippen LogP contribution < -0.4 is 5.32 Å². The van der Waals surface area contributed by atoms with Crippen molar-refractivity contribution in [2.24, 2.45) is 5.92 Å². The molecule has 1 aliphatic carbocycles. The predicted molar refractivity (Wildman–Crippen MR) is 71.2 cm³/mol. The lowest BCUT2D eigenvalue weighted by atomic mass is 9.95. The average Bonchev–Trinajstić information content (AvgIpc) is 3.09. The van der Waals surface area contributed by atoms with E-state index in [0.29, 0.717) is 0 Å². The summed E-state index contributed by atoms with van der Waals surface area (Å²) in [5, 5.41) is 3.33. The number of likely N-dealkylation sites (tertiary alicyclic amines) is 2. The van der Waals surface area contributed by atoms with E-state index in [1.165, 1.54) is 64.8 Å². The molecule has 2 aliphatic heterocycles. The summed E-state index contributed by atoms with van der Waals surface area (Å²) < 4.78 is 0. The molecular formula is C14H27N3. The van der Waals surface area contributed by atoms with Gasteiger partial charge in [-0.2, -0.15) is 0 Å². The highest BCUT2D eigenvalue weighted by Gasteiger charge is 2.37. The highest BCUT2D eigenvalue weighted by Crippen LogP contribution is 2.32. The van der Waals surface area contributed by atoms with E-state index in [9.17, 15) is 0 Å². The number of hydrogen-bond donors (Lipinski definition) is 1. The summed E-state index contributed by atoms with van der Waals surface area (Å²) in [4.78, 5) is 5.51. The monoisotopic (exact) mass is 237 g/mol. The second kappa shape index (κ2) is 5.25. The third-order valence-electron chi connectivity index (χ3n) is 4.92. The highest BCUT2D eigenvalue weighted by atomic mass is 15.3. The van der Waals surface area contributed by atoms with Crippen LogP contribution >= 0.6 is 0 Å². The molecule has 3 heteroatoms. The van der Waals surface area contributed by atoms with Gasteiger partial charge in [0.25, 0.3) is 0 Å². The van der Waals surface area contributed by atoms with Crippen molar-refractivity contribution in [2.75, 3.05) is 39.8 Å². The van der Waals surface area contributed by atoms with Gasteiger partial charge < -0.3 is 5.32 Å². The lowest BCUT2D eigenvalue weighted by molar-refractivity contribution is 0.132. The minimum atomic E-state index is 0.881. The lowest BCUT2D eigenvalue weighted by Crippen LogP contribution is -2.44. The Bertz CT molecular complexity index is 244. The summed E-state index contributed by atoms with van der Waals surface area (Å²) in [5.74, 6) is 0.928. The maximum atomic E-state index is 3.33. The van der Waals surface area contributed by atoms with Crippen molar-refractivity contribution in [3.05, 3.63) is 0 Å². The van der Waals surface area contributed by atoms with Crippen LogP contribution in [0.1, 0.15) is 32.1 Å². The lowest BCUT2D eigenvalue weighted by Gasteiger charge is -2.36. The van der Waals surface area contributed by atoms with E-state index < -0.39 is 0 Å². The molecule has 0 bridgehead atoms. The SMILES string of the molecule is CNCC1CCN(C2CCN(C3CC3)C2)CC1. The maximum absolute atomic E-state index is 3.33. The van der Waals surface area contributed by atoms with Crippen molar-refractivity contribution in [3.8, 4) is 0 Å². The van der Waals surface area contributed by atoms with Crippen LogP contribution in [0.4, 0.5) is 0 Å². The Morgan fingerprint density at radius 2 is 1.59 bits per heavy atom. The zero-order chi connectivity index (χ0) is 11.7. The van der Waals surface area contributed by atoms with Gasteiger partial charge in [0, 0.05) is 25.2 Å². The first-order chi connectivity index (χ1) is 8.36. The van der Waals surface area contributed by atoms with E-state index in [1.807, 2.05) is 0 Å². The molecule has 2 heterocycles. The van der Waals surface area contributed by atoms with Crippen LogP contribution in [-0.2, 0) is 0 Å². The first-order valence-corrected chi connectivity index (χ1v) is 7.49. The number of piperidine rings is 1. The molecule has 0 aromatic carbocycles. The summed E-state index contributed by atoms with van der Waals surface area (Å²) in [6.07, 6.45) is 7.17. The Hall–Kier alpha value is -0.120. The fraction of sp³-hybridized carbons (Fsp3) is 1.00. The third-order valence-corrected chi connectivity index (χ3v) is 4.92. The van der Waals surface area contributed by atoms with E-state index >= 15 is 0 Å². The van der Waals surface area contributed by atoms with Crippen LogP contribution in [-0.4, -0.2) is 61.7 Å². The second-order valence-electron chi connectivity index (χ2n) is 6.21. The fourth-order valence-electron chi connectivity index (χ4n) is 3.65. The topological polar surface area (TPSA) is 18.5 Å². The molecular weight excluding hydrogens is 210 g/mol. The van der Waals surface area contributed by atoms with Crippen molar-refractivity contribution in [1.29, 1.82) is 0 Å². The molecule has 0 spiro atoms. The maximum Gasteiger partial charge on any atom is 0.0235 e. The number of nitrogens with zero attached hydrogens (tertiary/aromatic N) is 2. The van der Waals surface area contributed by atoms with Gasteiger partial charge in [0.2, 0.25) is 0 Å². The van der Waals surface area contributed by atoms with Gasteiger partial charge in [0.15, 0.2) is 0 Å². The molecule has 0 aromatic rings. The van der Waals surface area contributed by atoms with Crippen LogP contribution in [0.25, 0.3) is 0 Å². The minimum absolute atomic E-state index is 0.881. The molecule has 1 saturated carbocycles. The fourth-order valence-corrected chi connectivity index (χ4v) is 3.65. The van der Waals surface area contributed by atoms with Gasteiger partial charge in [-0.1, -0.05) is 0 Å². The second-order valence-corrected chi connectivity index (χ2v) is 6.21. The molecule has 17 heavy (non-hydrogen) atoms. The van der Waals surface area contributed by atoms with Gasteiger partial charge in [-0.15, -0.1) is 0 Å². The largest absolute Gasteiger partial charge is 0.319 e. The summed E-state index contributed by atoms with van der Waals surface area (Å²) in [7, 11) is 2.08. The van der Waals surface area contributed by atoms with Crippen LogP contribution in [0.15, 0.2) is 0 Å². The Morgan fingerprint density at radius 1 is 0.882 bits per heavy atom. The van der Waals surface area contributed by atoms with Crippen molar-refractivity contribution in [3.63, 3.8) is 0 Å². The molecule has 98 valence electrons. The minimum Gasteiger partial charge on any atom is -0.319 e. The van der Waals surface area contributed by atoms with Crippen molar-refractivity contribution in [1.82, 2.24) is 15.1 Å². The molecule has 0 radical (unpaired) electrons. The molecule has 3 aliphatic rings. The van der Waals surface area contributed by atoms with Crippen molar-refractivity contribution < 1.29 is 0 Å². The molecule has 3 rings (SSSR count). The summed E-state index contributed by atoms with van der Waals surface area (Å²) >= 11 is 0. The Labute approximate surface area is 106 Å². The molecule has 1 unspecified atom stereocenters. The molecule has 1 N–H and O–H groups in total. The van der Waals surface area contributed by atoms with E-state index in [-0.39, 0.29) is 0 Å². The average molecular weight is 237 g/mol. The van der Waals surface area contributed by atoms with Crippen LogP contribution in [0.3, 0.4) is 0 Å². The molecule has 3 fully saturated rings. The third kappa shape index (κ3) is 2.83. The number of nitrogens with one attached hydrogen (secondary N) is 1. The van der Waals surface area contributed by atoms with Crippen LogP contribution in [0.5, 0.6) is 0 Å². The van der Waals surface area contributed by atoms with E-state index in [0.717, 1.165) is 18.0 Å². The highest BCUT2D eigenvalue weighted by molar-refractivity contribution is 4.93. The zero-order valence-corrected chi connectivity index (χ0v) is 11.2. The molecule has 2 saturated heterocycles. The van der Waals surface area contributed by atoms with E-state index in [4.69, 9.17) is 0 Å². The smallest absolute Gasteiger partial charge is 0.0235 e. The van der Waals surface area contributed by atoms with E-state index in [1.54, 1.807) is 0 Å². The number of hydrogen-bond acceptors (Lipinski definition) is 3. The van der Waals surface area contributed by atoms with Gasteiger partial charge in [-0.3, -0.25) is 9.80 Å². The number of rotatable bonds is 4.